The molecule has 0 aromatic heterocycles. The molecule has 0 saturated carbocycles. The minimum absolute atomic E-state index is 0.0630. The van der Waals surface area contributed by atoms with Crippen molar-refractivity contribution in [2.75, 3.05) is 6.54 Å². The Morgan fingerprint density at radius 1 is 1.20 bits per heavy atom. The third-order valence-electron chi connectivity index (χ3n) is 3.85. The second kappa shape index (κ2) is 10.7. The number of nitrogens with one attached hydrogen (secondary N) is 1. The van der Waals surface area contributed by atoms with E-state index >= 15 is 0 Å². The zero-order valence-electron chi connectivity index (χ0n) is 13.0. The fraction of sp³-hybridized carbons (Fsp3) is 0.867. The largest absolute Gasteiger partial charge is 0.480 e. The predicted octanol–water partition coefficient (Wildman–Crippen LogP) is 2.15. The van der Waals surface area contributed by atoms with E-state index < -0.39 is 12.0 Å². The van der Waals surface area contributed by atoms with Crippen molar-refractivity contribution in [2.45, 2.75) is 65.3 Å². The maximum Gasteiger partial charge on any atom is 0.326 e. The molecule has 3 atom stereocenters. The van der Waals surface area contributed by atoms with Gasteiger partial charge in [-0.15, -0.1) is 0 Å². The molecule has 0 aromatic rings. The van der Waals surface area contributed by atoms with Gasteiger partial charge in [-0.05, 0) is 31.2 Å². The summed E-state index contributed by atoms with van der Waals surface area (Å²) in [6.07, 6.45) is 4.96. The molecule has 5 nitrogen and oxygen atoms in total. The van der Waals surface area contributed by atoms with Crippen LogP contribution in [0.3, 0.4) is 0 Å². The molecule has 0 radical (unpaired) electrons. The van der Waals surface area contributed by atoms with E-state index in [0.29, 0.717) is 18.9 Å². The molecule has 0 heterocycles. The van der Waals surface area contributed by atoms with Crippen LogP contribution < -0.4 is 11.1 Å². The van der Waals surface area contributed by atoms with Crippen LogP contribution in [0.25, 0.3) is 0 Å². The van der Waals surface area contributed by atoms with E-state index in [0.717, 1.165) is 32.1 Å². The number of nitrogens with two attached hydrogens (primary N) is 1. The normalized spacial score (nSPS) is 15.4. The molecule has 4 N–H and O–H groups in total. The Morgan fingerprint density at radius 3 is 2.30 bits per heavy atom. The highest BCUT2D eigenvalue weighted by Crippen LogP contribution is 2.17. The number of hydrogen-bond acceptors (Lipinski definition) is 3. The quantitative estimate of drug-likeness (QED) is 0.542. The van der Waals surface area contributed by atoms with E-state index in [1.165, 1.54) is 0 Å². The highest BCUT2D eigenvalue weighted by Gasteiger charge is 2.25. The number of hydrogen-bond donors (Lipinski definition) is 3. The van der Waals surface area contributed by atoms with Crippen LogP contribution in [0.5, 0.6) is 0 Å². The van der Waals surface area contributed by atoms with E-state index in [1.54, 1.807) is 0 Å². The Morgan fingerprint density at radius 2 is 1.85 bits per heavy atom. The molecule has 0 aromatic carbocycles. The monoisotopic (exact) mass is 286 g/mol. The summed E-state index contributed by atoms with van der Waals surface area (Å²) in [5.41, 5.74) is 5.57. The lowest BCUT2D eigenvalue weighted by molar-refractivity contribution is -0.143. The number of aliphatic carboxylic acids is 1. The second-order valence-electron chi connectivity index (χ2n) is 5.54. The summed E-state index contributed by atoms with van der Waals surface area (Å²) < 4.78 is 0. The SMILES string of the molecule is CCCC(CCN)CCC(=O)N[C@H](C(=O)O)C(C)CC. The van der Waals surface area contributed by atoms with Crippen LogP contribution in [0.1, 0.15) is 59.3 Å². The molecular weight excluding hydrogens is 256 g/mol. The first-order valence-corrected chi connectivity index (χ1v) is 7.68. The maximum atomic E-state index is 11.9. The third kappa shape index (κ3) is 7.48. The number of carboxylic acid groups (broad SMARTS) is 1. The summed E-state index contributed by atoms with van der Waals surface area (Å²) in [5.74, 6) is -0.731. The zero-order valence-corrected chi connectivity index (χ0v) is 13.0. The number of rotatable bonds is 11. The second-order valence-corrected chi connectivity index (χ2v) is 5.54. The van der Waals surface area contributed by atoms with E-state index in [4.69, 9.17) is 10.8 Å². The molecule has 0 aliphatic heterocycles. The van der Waals surface area contributed by atoms with Crippen LogP contribution in [0.2, 0.25) is 0 Å². The Kier molecular flexibility index (Phi) is 10.1. The first kappa shape index (κ1) is 18.9. The average molecular weight is 286 g/mol. The first-order chi connectivity index (χ1) is 9.46. The van der Waals surface area contributed by atoms with E-state index in [9.17, 15) is 9.59 Å². The molecule has 0 saturated heterocycles. The van der Waals surface area contributed by atoms with Crippen LogP contribution >= 0.6 is 0 Å². The predicted molar refractivity (Wildman–Crippen MR) is 80.3 cm³/mol. The smallest absolute Gasteiger partial charge is 0.326 e. The zero-order chi connectivity index (χ0) is 15.5. The number of carbonyl (C=O) groups is 2. The maximum absolute atomic E-state index is 11.9. The Bertz CT molecular complexity index is 289. The van der Waals surface area contributed by atoms with Gasteiger partial charge in [0.25, 0.3) is 0 Å². The van der Waals surface area contributed by atoms with Gasteiger partial charge in [-0.25, -0.2) is 4.79 Å². The van der Waals surface area contributed by atoms with Crippen molar-refractivity contribution in [3.63, 3.8) is 0 Å². The minimum Gasteiger partial charge on any atom is -0.480 e. The van der Waals surface area contributed by atoms with E-state index in [2.05, 4.69) is 12.2 Å². The van der Waals surface area contributed by atoms with E-state index in [1.807, 2.05) is 13.8 Å². The van der Waals surface area contributed by atoms with Gasteiger partial charge in [-0.1, -0.05) is 40.0 Å². The Labute approximate surface area is 122 Å². The first-order valence-electron chi connectivity index (χ1n) is 7.68. The molecule has 0 rings (SSSR count). The molecule has 0 bridgehead atoms. The van der Waals surface area contributed by atoms with Gasteiger partial charge < -0.3 is 16.2 Å². The molecule has 0 fully saturated rings. The highest BCUT2D eigenvalue weighted by molar-refractivity contribution is 5.83. The van der Waals surface area contributed by atoms with Gasteiger partial charge in [-0.3, -0.25) is 4.79 Å². The summed E-state index contributed by atoms with van der Waals surface area (Å²) in [7, 11) is 0. The van der Waals surface area contributed by atoms with Gasteiger partial charge in [0.15, 0.2) is 0 Å². The Hall–Kier alpha value is -1.10. The molecule has 0 aliphatic rings. The van der Waals surface area contributed by atoms with Crippen molar-refractivity contribution >= 4 is 11.9 Å². The van der Waals surface area contributed by atoms with Crippen LogP contribution in [0.4, 0.5) is 0 Å². The van der Waals surface area contributed by atoms with Crippen molar-refractivity contribution in [2.24, 2.45) is 17.6 Å². The summed E-state index contributed by atoms with van der Waals surface area (Å²) >= 11 is 0. The molecular formula is C15H30N2O3. The van der Waals surface area contributed by atoms with E-state index in [-0.39, 0.29) is 11.8 Å². The van der Waals surface area contributed by atoms with Gasteiger partial charge in [0.2, 0.25) is 5.91 Å². The number of carbonyl (C=O) groups excluding carboxylic acids is 1. The molecule has 0 spiro atoms. The topological polar surface area (TPSA) is 92.4 Å². The summed E-state index contributed by atoms with van der Waals surface area (Å²) in [5, 5.41) is 11.8. The lowest BCUT2D eigenvalue weighted by Crippen LogP contribution is -2.45. The number of amides is 1. The fourth-order valence-electron chi connectivity index (χ4n) is 2.34. The fourth-order valence-corrected chi connectivity index (χ4v) is 2.34. The molecule has 1 amide bonds. The molecule has 5 heteroatoms. The average Bonchev–Trinajstić information content (AvgIpc) is 2.41. The third-order valence-corrected chi connectivity index (χ3v) is 3.85. The van der Waals surface area contributed by atoms with Crippen LogP contribution in [-0.4, -0.2) is 29.6 Å². The number of carboxylic acids is 1. The lowest BCUT2D eigenvalue weighted by Gasteiger charge is -2.21. The lowest BCUT2D eigenvalue weighted by atomic mass is 9.94. The van der Waals surface area contributed by atoms with Gasteiger partial charge in [-0.2, -0.15) is 0 Å². The molecule has 2 unspecified atom stereocenters. The van der Waals surface area contributed by atoms with Crippen LogP contribution in [-0.2, 0) is 9.59 Å². The van der Waals surface area contributed by atoms with Crippen LogP contribution in [0.15, 0.2) is 0 Å². The standard InChI is InChI=1S/C15H30N2O3/c1-4-6-12(9-10-16)7-8-13(18)17-14(15(19)20)11(3)5-2/h11-12,14H,4-10,16H2,1-3H3,(H,17,18)(H,19,20)/t11?,12?,14-/m0/s1. The van der Waals surface area contributed by atoms with Crippen molar-refractivity contribution in [3.8, 4) is 0 Å². The van der Waals surface area contributed by atoms with Gasteiger partial charge in [0, 0.05) is 6.42 Å². The van der Waals surface area contributed by atoms with Crippen molar-refractivity contribution in [1.82, 2.24) is 5.32 Å². The molecule has 118 valence electrons. The van der Waals surface area contributed by atoms with Crippen molar-refractivity contribution in [1.29, 1.82) is 0 Å². The van der Waals surface area contributed by atoms with Gasteiger partial charge in [0.05, 0.1) is 0 Å². The van der Waals surface area contributed by atoms with Gasteiger partial charge in [0.1, 0.15) is 6.04 Å². The van der Waals surface area contributed by atoms with Crippen molar-refractivity contribution in [3.05, 3.63) is 0 Å². The van der Waals surface area contributed by atoms with Crippen LogP contribution in [0, 0.1) is 11.8 Å². The minimum atomic E-state index is -0.959. The Balaban J connectivity index is 4.27. The molecule has 0 aliphatic carbocycles. The molecule has 20 heavy (non-hydrogen) atoms. The summed E-state index contributed by atoms with van der Waals surface area (Å²) in [4.78, 5) is 23.0. The summed E-state index contributed by atoms with van der Waals surface area (Å²) in [6.45, 7) is 6.52. The van der Waals surface area contributed by atoms with Crippen molar-refractivity contribution < 1.29 is 14.7 Å². The highest BCUT2D eigenvalue weighted by atomic mass is 16.4. The summed E-state index contributed by atoms with van der Waals surface area (Å²) in [6, 6.07) is -0.786. The van der Waals surface area contributed by atoms with Gasteiger partial charge >= 0.3 is 5.97 Å².